The molecule has 0 fully saturated rings. The maximum absolute atomic E-state index is 13.0. The molecule has 504 valence electrons. The Hall–Kier alpha value is -1.94. The largest absolute Gasteiger partial charge is 0.472 e. The van der Waals surface area contributed by atoms with E-state index in [9.17, 15) is 43.2 Å². The molecule has 0 aromatic heterocycles. The first kappa shape index (κ1) is 83.1. The van der Waals surface area contributed by atoms with E-state index in [0.717, 1.165) is 109 Å². The van der Waals surface area contributed by atoms with Gasteiger partial charge in [0.05, 0.1) is 26.4 Å². The lowest BCUT2D eigenvalue weighted by molar-refractivity contribution is -0.161. The van der Waals surface area contributed by atoms with Crippen LogP contribution in [0.25, 0.3) is 0 Å². The topological polar surface area (TPSA) is 237 Å². The van der Waals surface area contributed by atoms with Crippen LogP contribution in [0.5, 0.6) is 0 Å². The van der Waals surface area contributed by atoms with E-state index in [1.807, 2.05) is 0 Å². The fraction of sp³-hybridized carbons (Fsp3) is 0.939. The van der Waals surface area contributed by atoms with Gasteiger partial charge in [0.15, 0.2) is 12.2 Å². The average Bonchev–Trinajstić information content (AvgIpc) is 3.55. The Kier molecular flexibility index (Phi) is 54.8. The zero-order chi connectivity index (χ0) is 63.2. The third kappa shape index (κ3) is 60.7. The smallest absolute Gasteiger partial charge is 0.462 e. The molecule has 0 aliphatic rings. The first-order valence-electron chi connectivity index (χ1n) is 34.2. The maximum Gasteiger partial charge on any atom is 0.472 e. The number of carbonyl (C=O) groups is 4. The summed E-state index contributed by atoms with van der Waals surface area (Å²) in [5.74, 6) is 0.725. The highest BCUT2D eigenvalue weighted by molar-refractivity contribution is 7.47. The number of phosphoric ester groups is 2. The highest BCUT2D eigenvalue weighted by atomic mass is 31.2. The SMILES string of the molecule is CC(C)CCCCCCCCCCCCCCCC(=O)O[C@H](COC(=O)CCCCCCCCCC(C)C)COP(=O)(O)OCC(O)COP(=O)(O)OC[C@@H](COC(=O)CCCCCCCCCC(C)C)OC(=O)CCCCCCCCC(C)C. The molecule has 0 aliphatic heterocycles. The van der Waals surface area contributed by atoms with Gasteiger partial charge in [-0.1, -0.05) is 267 Å². The monoisotopic (exact) mass is 1250 g/mol. The number of unbranched alkanes of at least 4 members (excludes halogenated alkanes) is 29. The van der Waals surface area contributed by atoms with Crippen LogP contribution >= 0.6 is 15.6 Å². The zero-order valence-electron chi connectivity index (χ0n) is 55.2. The second-order valence-corrected chi connectivity index (χ2v) is 28.7. The Morgan fingerprint density at radius 2 is 0.494 bits per heavy atom. The van der Waals surface area contributed by atoms with Gasteiger partial charge < -0.3 is 33.8 Å². The van der Waals surface area contributed by atoms with Crippen molar-refractivity contribution in [2.75, 3.05) is 39.6 Å². The first-order valence-corrected chi connectivity index (χ1v) is 37.2. The van der Waals surface area contributed by atoms with Gasteiger partial charge in [0, 0.05) is 25.7 Å². The van der Waals surface area contributed by atoms with Crippen LogP contribution < -0.4 is 0 Å². The normalized spacial score (nSPS) is 14.4. The molecule has 0 heterocycles. The number of esters is 4. The lowest BCUT2D eigenvalue weighted by atomic mass is 10.0. The molecule has 0 aromatic rings. The molecule has 17 nitrogen and oxygen atoms in total. The summed E-state index contributed by atoms with van der Waals surface area (Å²) < 4.78 is 68.0. The standard InChI is InChI=1S/C66H128O17P2/c1-56(2)42-34-26-18-14-12-10-9-11-13-15-21-32-40-48-65(70)82-61(52-76-63(68)46-38-30-22-16-19-27-35-43-57(3)4)54-80-84(72,73)78-50-60(67)51-79-85(74,75)81-55-62(83-66(71)49-41-33-25-24-29-37-45-59(7)8)53-77-64(69)47-39-31-23-17-20-28-36-44-58(5)6/h56-62,67H,9-55H2,1-8H3,(H,72,73)(H,74,75)/t60?,61-,62-/m1/s1. The van der Waals surface area contributed by atoms with Crippen molar-refractivity contribution in [3.05, 3.63) is 0 Å². The van der Waals surface area contributed by atoms with Crippen molar-refractivity contribution in [2.24, 2.45) is 23.7 Å². The molecule has 0 aromatic carbocycles. The Morgan fingerprint density at radius 3 is 0.729 bits per heavy atom. The average molecular weight is 1260 g/mol. The molecule has 0 spiro atoms. The number of ether oxygens (including phenoxy) is 4. The van der Waals surface area contributed by atoms with Crippen molar-refractivity contribution < 1.29 is 80.2 Å². The number of hydrogen-bond donors (Lipinski definition) is 3. The predicted molar refractivity (Wildman–Crippen MR) is 340 cm³/mol. The molecule has 3 unspecified atom stereocenters. The predicted octanol–water partition coefficient (Wildman–Crippen LogP) is 18.1. The summed E-state index contributed by atoms with van der Waals surface area (Å²) in [4.78, 5) is 72.2. The van der Waals surface area contributed by atoms with Crippen LogP contribution in [0.2, 0.25) is 0 Å². The second kappa shape index (κ2) is 56.1. The van der Waals surface area contributed by atoms with E-state index in [0.29, 0.717) is 43.4 Å². The number of hydrogen-bond acceptors (Lipinski definition) is 15. The highest BCUT2D eigenvalue weighted by Gasteiger charge is 2.30. The lowest BCUT2D eigenvalue weighted by Gasteiger charge is -2.21. The van der Waals surface area contributed by atoms with Crippen molar-refractivity contribution in [1.29, 1.82) is 0 Å². The quantitative estimate of drug-likeness (QED) is 0.0222. The summed E-state index contributed by atoms with van der Waals surface area (Å²) in [6.45, 7) is 13.9. The molecule has 19 heteroatoms. The van der Waals surface area contributed by atoms with Crippen molar-refractivity contribution in [3.63, 3.8) is 0 Å². The van der Waals surface area contributed by atoms with Crippen molar-refractivity contribution >= 4 is 39.5 Å². The van der Waals surface area contributed by atoms with Crippen LogP contribution in [-0.4, -0.2) is 96.7 Å². The van der Waals surface area contributed by atoms with Crippen molar-refractivity contribution in [1.82, 2.24) is 0 Å². The minimum atomic E-state index is -4.95. The number of aliphatic hydroxyl groups excluding tert-OH is 1. The maximum atomic E-state index is 13.0. The van der Waals surface area contributed by atoms with Gasteiger partial charge in [0.25, 0.3) is 0 Å². The van der Waals surface area contributed by atoms with Crippen molar-refractivity contribution in [2.45, 2.75) is 337 Å². The summed E-state index contributed by atoms with van der Waals surface area (Å²) in [6.07, 6.45) is 36.5. The van der Waals surface area contributed by atoms with Gasteiger partial charge in [-0.3, -0.25) is 37.3 Å². The minimum Gasteiger partial charge on any atom is -0.462 e. The molecule has 0 aliphatic carbocycles. The molecule has 3 N–H and O–H groups in total. The Labute approximate surface area is 517 Å². The van der Waals surface area contributed by atoms with Crippen LogP contribution in [0.1, 0.15) is 319 Å². The van der Waals surface area contributed by atoms with Gasteiger partial charge >= 0.3 is 39.5 Å². The molecule has 0 amide bonds. The molecule has 0 saturated carbocycles. The van der Waals surface area contributed by atoms with E-state index in [1.54, 1.807) is 0 Å². The Bertz CT molecular complexity index is 1700. The van der Waals surface area contributed by atoms with Gasteiger partial charge in [-0.2, -0.15) is 0 Å². The molecule has 0 saturated heterocycles. The van der Waals surface area contributed by atoms with E-state index in [2.05, 4.69) is 55.4 Å². The molecule has 0 bridgehead atoms. The summed E-state index contributed by atoms with van der Waals surface area (Å²) >= 11 is 0. The van der Waals surface area contributed by atoms with E-state index < -0.39 is 97.5 Å². The number of phosphoric acid groups is 2. The van der Waals surface area contributed by atoms with Crippen molar-refractivity contribution in [3.8, 4) is 0 Å². The number of rotatable bonds is 63. The number of aliphatic hydroxyl groups is 1. The Morgan fingerprint density at radius 1 is 0.294 bits per heavy atom. The summed E-state index contributed by atoms with van der Waals surface area (Å²) in [5, 5.41) is 10.5. The van der Waals surface area contributed by atoms with Crippen LogP contribution in [0, 0.1) is 23.7 Å². The van der Waals surface area contributed by atoms with Crippen LogP contribution in [0.4, 0.5) is 0 Å². The molecular weight excluding hydrogens is 1130 g/mol. The minimum absolute atomic E-state index is 0.101. The molecule has 5 atom stereocenters. The summed E-state index contributed by atoms with van der Waals surface area (Å²) in [7, 11) is -9.89. The van der Waals surface area contributed by atoms with Gasteiger partial charge in [0.1, 0.15) is 19.3 Å². The third-order valence-electron chi connectivity index (χ3n) is 15.1. The highest BCUT2D eigenvalue weighted by Crippen LogP contribution is 2.45. The molecule has 85 heavy (non-hydrogen) atoms. The van der Waals surface area contributed by atoms with Gasteiger partial charge in [-0.05, 0) is 49.4 Å². The first-order chi connectivity index (χ1) is 40.6. The third-order valence-corrected chi connectivity index (χ3v) is 17.0. The number of carbonyl (C=O) groups excluding carboxylic acids is 4. The Balaban J connectivity index is 5.22. The molecular formula is C66H128O17P2. The van der Waals surface area contributed by atoms with Gasteiger partial charge in [-0.25, -0.2) is 9.13 Å². The van der Waals surface area contributed by atoms with Crippen LogP contribution in [-0.2, 0) is 65.4 Å². The van der Waals surface area contributed by atoms with E-state index in [-0.39, 0.29) is 25.7 Å². The summed E-state index contributed by atoms with van der Waals surface area (Å²) in [5.41, 5.74) is 0. The summed E-state index contributed by atoms with van der Waals surface area (Å²) in [6, 6.07) is 0. The lowest BCUT2D eigenvalue weighted by Crippen LogP contribution is -2.30. The van der Waals surface area contributed by atoms with E-state index in [1.165, 1.54) is 109 Å². The fourth-order valence-electron chi connectivity index (χ4n) is 9.78. The zero-order valence-corrected chi connectivity index (χ0v) is 57.0. The van der Waals surface area contributed by atoms with E-state index >= 15 is 0 Å². The van der Waals surface area contributed by atoms with Crippen LogP contribution in [0.15, 0.2) is 0 Å². The molecule has 0 radical (unpaired) electrons. The fourth-order valence-corrected chi connectivity index (χ4v) is 11.4. The van der Waals surface area contributed by atoms with Gasteiger partial charge in [0.2, 0.25) is 0 Å². The van der Waals surface area contributed by atoms with Gasteiger partial charge in [-0.15, -0.1) is 0 Å². The van der Waals surface area contributed by atoms with Crippen LogP contribution in [0.3, 0.4) is 0 Å². The van der Waals surface area contributed by atoms with E-state index in [4.69, 9.17) is 37.0 Å². The second-order valence-electron chi connectivity index (χ2n) is 25.8. The molecule has 0 rings (SSSR count).